The van der Waals surface area contributed by atoms with Gasteiger partial charge in [-0.2, -0.15) is 5.26 Å². The summed E-state index contributed by atoms with van der Waals surface area (Å²) in [5, 5.41) is 23.5. The molecule has 2 aromatic rings. The average molecular weight is 352 g/mol. The van der Waals surface area contributed by atoms with Crippen LogP contribution in [0.4, 0.5) is 11.4 Å². The van der Waals surface area contributed by atoms with Crippen molar-refractivity contribution in [3.05, 3.63) is 69.8 Å². The van der Waals surface area contributed by atoms with E-state index in [-0.39, 0.29) is 17.3 Å². The third kappa shape index (κ3) is 4.17. The van der Waals surface area contributed by atoms with Crippen LogP contribution in [-0.2, 0) is 4.74 Å². The first kappa shape index (κ1) is 17.9. The number of nitrogens with zero attached hydrogens (tertiary/aromatic N) is 3. The van der Waals surface area contributed by atoms with Crippen molar-refractivity contribution in [2.75, 3.05) is 38.2 Å². The molecular formula is C19H20N4O3. The van der Waals surface area contributed by atoms with Crippen LogP contribution in [0, 0.1) is 21.4 Å². The SMILES string of the molecule is N#Cc1cc([N+](=O)[O-])ccc1NCC(c1ccccc1)N1CCOCC1. The topological polar surface area (TPSA) is 91.4 Å². The minimum atomic E-state index is -0.495. The molecule has 0 radical (unpaired) electrons. The molecule has 26 heavy (non-hydrogen) atoms. The van der Waals surface area contributed by atoms with Crippen LogP contribution in [0.1, 0.15) is 17.2 Å². The first-order valence-corrected chi connectivity index (χ1v) is 8.48. The van der Waals surface area contributed by atoms with Gasteiger partial charge in [-0.1, -0.05) is 30.3 Å². The number of non-ortho nitro benzene ring substituents is 1. The maximum Gasteiger partial charge on any atom is 0.270 e. The number of rotatable bonds is 6. The predicted octanol–water partition coefficient (Wildman–Crippen LogP) is 2.95. The van der Waals surface area contributed by atoms with Crippen molar-refractivity contribution in [1.82, 2.24) is 4.90 Å². The second-order valence-electron chi connectivity index (χ2n) is 6.05. The van der Waals surface area contributed by atoms with E-state index in [2.05, 4.69) is 22.3 Å². The highest BCUT2D eigenvalue weighted by atomic mass is 16.6. The zero-order valence-electron chi connectivity index (χ0n) is 14.3. The molecule has 0 aromatic heterocycles. The van der Waals surface area contributed by atoms with E-state index in [1.165, 1.54) is 17.7 Å². The van der Waals surface area contributed by atoms with E-state index in [1.807, 2.05) is 24.3 Å². The molecule has 3 rings (SSSR count). The lowest BCUT2D eigenvalue weighted by atomic mass is 10.0. The summed E-state index contributed by atoms with van der Waals surface area (Å²) in [6.07, 6.45) is 0. The molecule has 1 fully saturated rings. The molecule has 1 saturated heterocycles. The van der Waals surface area contributed by atoms with Gasteiger partial charge in [0.15, 0.2) is 0 Å². The smallest absolute Gasteiger partial charge is 0.270 e. The van der Waals surface area contributed by atoms with Crippen LogP contribution in [-0.4, -0.2) is 42.7 Å². The fraction of sp³-hybridized carbons (Fsp3) is 0.316. The maximum atomic E-state index is 10.9. The normalized spacial score (nSPS) is 15.8. The molecule has 1 aliphatic rings. The Bertz CT molecular complexity index is 798. The van der Waals surface area contributed by atoms with Gasteiger partial charge in [-0.15, -0.1) is 0 Å². The van der Waals surface area contributed by atoms with Gasteiger partial charge in [0, 0.05) is 31.8 Å². The van der Waals surface area contributed by atoms with Crippen molar-refractivity contribution in [3.8, 4) is 6.07 Å². The molecule has 2 aromatic carbocycles. The molecule has 1 heterocycles. The van der Waals surface area contributed by atoms with E-state index in [1.54, 1.807) is 6.07 Å². The maximum absolute atomic E-state index is 10.9. The number of nitro groups is 1. The molecule has 1 aliphatic heterocycles. The summed E-state index contributed by atoms with van der Waals surface area (Å²) < 4.78 is 5.45. The van der Waals surface area contributed by atoms with E-state index in [0.717, 1.165) is 13.1 Å². The summed E-state index contributed by atoms with van der Waals surface area (Å²) in [5.41, 5.74) is 1.97. The third-order valence-corrected chi connectivity index (χ3v) is 4.49. The Morgan fingerprint density at radius 2 is 1.96 bits per heavy atom. The van der Waals surface area contributed by atoms with E-state index in [0.29, 0.717) is 25.4 Å². The van der Waals surface area contributed by atoms with Gasteiger partial charge in [-0.25, -0.2) is 0 Å². The lowest BCUT2D eigenvalue weighted by Crippen LogP contribution is -2.41. The van der Waals surface area contributed by atoms with Crippen molar-refractivity contribution < 1.29 is 9.66 Å². The van der Waals surface area contributed by atoms with Crippen molar-refractivity contribution in [2.45, 2.75) is 6.04 Å². The summed E-state index contributed by atoms with van der Waals surface area (Å²) in [7, 11) is 0. The molecule has 0 spiro atoms. The summed E-state index contributed by atoms with van der Waals surface area (Å²) in [4.78, 5) is 12.8. The lowest BCUT2D eigenvalue weighted by molar-refractivity contribution is -0.384. The predicted molar refractivity (Wildman–Crippen MR) is 97.9 cm³/mol. The van der Waals surface area contributed by atoms with Gasteiger partial charge < -0.3 is 10.1 Å². The second-order valence-corrected chi connectivity index (χ2v) is 6.05. The summed E-state index contributed by atoms with van der Waals surface area (Å²) in [5.74, 6) is 0. The third-order valence-electron chi connectivity index (χ3n) is 4.49. The van der Waals surface area contributed by atoms with Crippen LogP contribution in [0.15, 0.2) is 48.5 Å². The summed E-state index contributed by atoms with van der Waals surface area (Å²) in [6, 6.07) is 16.6. The molecule has 0 saturated carbocycles. The number of anilines is 1. The molecule has 7 heteroatoms. The van der Waals surface area contributed by atoms with Crippen molar-refractivity contribution in [1.29, 1.82) is 5.26 Å². The standard InChI is InChI=1S/C19H20N4O3/c20-13-16-12-17(23(24)25)6-7-18(16)21-14-19(15-4-2-1-3-5-15)22-8-10-26-11-9-22/h1-7,12,19,21H,8-11,14H2. The average Bonchev–Trinajstić information content (AvgIpc) is 2.69. The van der Waals surface area contributed by atoms with Gasteiger partial charge in [0.05, 0.1) is 35.4 Å². The molecular weight excluding hydrogens is 332 g/mol. The molecule has 7 nitrogen and oxygen atoms in total. The van der Waals surface area contributed by atoms with Crippen LogP contribution in [0.3, 0.4) is 0 Å². The van der Waals surface area contributed by atoms with Gasteiger partial charge in [0.1, 0.15) is 6.07 Å². The van der Waals surface area contributed by atoms with Crippen molar-refractivity contribution in [2.24, 2.45) is 0 Å². The fourth-order valence-corrected chi connectivity index (χ4v) is 3.12. The highest BCUT2D eigenvalue weighted by molar-refractivity contribution is 5.61. The van der Waals surface area contributed by atoms with E-state index < -0.39 is 4.92 Å². The van der Waals surface area contributed by atoms with E-state index >= 15 is 0 Å². The number of nitrogens with one attached hydrogen (secondary N) is 1. The molecule has 134 valence electrons. The van der Waals surface area contributed by atoms with E-state index in [4.69, 9.17) is 4.74 Å². The Kier molecular flexibility index (Phi) is 5.79. The van der Waals surface area contributed by atoms with Crippen molar-refractivity contribution in [3.63, 3.8) is 0 Å². The number of hydrogen-bond donors (Lipinski definition) is 1. The highest BCUT2D eigenvalue weighted by Gasteiger charge is 2.23. The van der Waals surface area contributed by atoms with Crippen LogP contribution in [0.25, 0.3) is 0 Å². The zero-order valence-corrected chi connectivity index (χ0v) is 14.3. The Labute approximate surface area is 152 Å². The molecule has 1 N–H and O–H groups in total. The minimum absolute atomic E-state index is 0.0834. The highest BCUT2D eigenvalue weighted by Crippen LogP contribution is 2.25. The quantitative estimate of drug-likeness (QED) is 0.635. The van der Waals surface area contributed by atoms with Crippen LogP contribution in [0.5, 0.6) is 0 Å². The molecule has 0 aliphatic carbocycles. The molecule has 1 atom stereocenters. The fourth-order valence-electron chi connectivity index (χ4n) is 3.12. The number of morpholine rings is 1. The van der Waals surface area contributed by atoms with Crippen LogP contribution in [0.2, 0.25) is 0 Å². The second kappa shape index (κ2) is 8.43. The number of ether oxygens (including phenoxy) is 1. The Morgan fingerprint density at radius 3 is 2.62 bits per heavy atom. The van der Waals surface area contributed by atoms with Crippen molar-refractivity contribution >= 4 is 11.4 Å². The van der Waals surface area contributed by atoms with Crippen LogP contribution < -0.4 is 5.32 Å². The van der Waals surface area contributed by atoms with E-state index in [9.17, 15) is 15.4 Å². The lowest BCUT2D eigenvalue weighted by Gasteiger charge is -2.35. The summed E-state index contributed by atoms with van der Waals surface area (Å²) >= 11 is 0. The number of nitriles is 1. The number of benzene rings is 2. The molecule has 0 amide bonds. The Balaban J connectivity index is 1.80. The minimum Gasteiger partial charge on any atom is -0.382 e. The number of hydrogen-bond acceptors (Lipinski definition) is 6. The van der Waals surface area contributed by atoms with Gasteiger partial charge in [0.2, 0.25) is 0 Å². The monoisotopic (exact) mass is 352 g/mol. The first-order chi connectivity index (χ1) is 12.7. The van der Waals surface area contributed by atoms with Gasteiger partial charge in [0.25, 0.3) is 5.69 Å². The Hall–Kier alpha value is -2.95. The summed E-state index contributed by atoms with van der Waals surface area (Å²) in [6.45, 7) is 3.67. The largest absolute Gasteiger partial charge is 0.382 e. The van der Waals surface area contributed by atoms with Gasteiger partial charge in [-0.3, -0.25) is 15.0 Å². The van der Waals surface area contributed by atoms with Gasteiger partial charge in [-0.05, 0) is 11.6 Å². The first-order valence-electron chi connectivity index (χ1n) is 8.48. The van der Waals surface area contributed by atoms with Gasteiger partial charge >= 0.3 is 0 Å². The Morgan fingerprint density at radius 1 is 1.23 bits per heavy atom. The van der Waals surface area contributed by atoms with Crippen LogP contribution >= 0.6 is 0 Å². The zero-order chi connectivity index (χ0) is 18.4. The molecule has 0 bridgehead atoms. The molecule has 1 unspecified atom stereocenters. The number of nitro benzene ring substituents is 1.